The fraction of sp³-hybridized carbons (Fsp3) is 0.167. The summed E-state index contributed by atoms with van der Waals surface area (Å²) >= 11 is 1.70. The first kappa shape index (κ1) is 26.3. The van der Waals surface area contributed by atoms with E-state index in [1.165, 1.54) is 10.3 Å². The first-order valence-corrected chi connectivity index (χ1v) is 14.1. The average molecular weight is 733 g/mol. The van der Waals surface area contributed by atoms with Crippen LogP contribution in [0.5, 0.6) is 0 Å². The molecule has 3 aromatic carbocycles. The van der Waals surface area contributed by atoms with Crippen LogP contribution in [-0.2, 0) is 26.5 Å². The zero-order valence-corrected chi connectivity index (χ0v) is 26.5. The molecule has 207 valence electrons. The molecule has 0 saturated carbocycles. The fourth-order valence-corrected chi connectivity index (χ4v) is 5.48. The summed E-state index contributed by atoms with van der Waals surface area (Å²) in [5.41, 5.74) is 6.31. The van der Waals surface area contributed by atoms with Crippen LogP contribution in [0.25, 0.3) is 54.5 Å². The summed E-state index contributed by atoms with van der Waals surface area (Å²) < 4.78 is 24.8. The third-order valence-corrected chi connectivity index (χ3v) is 7.34. The van der Waals surface area contributed by atoms with Crippen molar-refractivity contribution in [3.8, 4) is 22.5 Å². The maximum Gasteiger partial charge on any atom is 0.129 e. The van der Waals surface area contributed by atoms with Crippen LogP contribution in [-0.4, -0.2) is 9.97 Å². The van der Waals surface area contributed by atoms with E-state index in [4.69, 9.17) is 7.16 Å². The topological polar surface area (TPSA) is 38.9 Å². The monoisotopic (exact) mass is 733 g/mol. The normalized spacial score (nSPS) is 12.4. The van der Waals surface area contributed by atoms with Gasteiger partial charge in [0.05, 0.1) is 5.58 Å². The van der Waals surface area contributed by atoms with E-state index in [1.54, 1.807) is 23.6 Å². The zero-order valence-electron chi connectivity index (χ0n) is 25.3. The Morgan fingerprint density at radius 1 is 0.854 bits per heavy atom. The van der Waals surface area contributed by atoms with Crippen LogP contribution in [0.15, 0.2) is 101 Å². The number of thiophene rings is 1. The van der Waals surface area contributed by atoms with Gasteiger partial charge in [0.25, 0.3) is 0 Å². The van der Waals surface area contributed by atoms with E-state index in [-0.39, 0.29) is 20.1 Å². The summed E-state index contributed by atoms with van der Waals surface area (Å²) in [4.78, 5) is 8.84. The Bertz CT molecular complexity index is 2010. The maximum absolute atomic E-state index is 8.61. The van der Waals surface area contributed by atoms with Gasteiger partial charge in [-0.3, -0.25) is 0 Å². The van der Waals surface area contributed by atoms with Gasteiger partial charge >= 0.3 is 0 Å². The second-order valence-electron chi connectivity index (χ2n) is 10.8. The average Bonchev–Trinajstić information content (AvgIpc) is 3.63. The van der Waals surface area contributed by atoms with E-state index >= 15 is 0 Å². The molecule has 7 rings (SSSR count). The number of benzene rings is 3. The molecule has 3 nitrogen and oxygen atoms in total. The molecule has 7 aromatic rings. The summed E-state index contributed by atoms with van der Waals surface area (Å²) in [7, 11) is 0. The molecule has 0 amide bonds. The van der Waals surface area contributed by atoms with Crippen LogP contribution >= 0.6 is 11.3 Å². The molecule has 41 heavy (non-hydrogen) atoms. The standard InChI is InChI=1S/C24H20NOS.C12H10N.Ir/c1-24(2,3)14-15-9-11-25-20(13-15)18-6-4-5-16-17-7-8-21-19(10-12-27-21)23(17)26-22(16)18;1-10-7-8-12(13-9-10)11-5-3-2-4-6-11;/h4-5,7-13H,14H2,1-3H3;2-5,7-9H,1H3;/q2*-1;/i14D2;;. The second kappa shape index (κ2) is 12.1. The van der Waals surface area contributed by atoms with E-state index in [9.17, 15) is 0 Å². The third kappa shape index (κ3) is 6.33. The Morgan fingerprint density at radius 2 is 1.71 bits per heavy atom. The summed E-state index contributed by atoms with van der Waals surface area (Å²) in [6.07, 6.45) is 2.05. The van der Waals surface area contributed by atoms with Crippen LogP contribution in [0.4, 0.5) is 0 Å². The van der Waals surface area contributed by atoms with Crippen LogP contribution in [0.1, 0.15) is 34.6 Å². The number of fused-ring (bicyclic) bond motifs is 5. The summed E-state index contributed by atoms with van der Waals surface area (Å²) in [5, 5.41) is 5.28. The fourth-order valence-electron chi connectivity index (χ4n) is 4.69. The van der Waals surface area contributed by atoms with Crippen LogP contribution in [0, 0.1) is 24.5 Å². The molecule has 0 unspecified atom stereocenters. The second-order valence-corrected chi connectivity index (χ2v) is 11.7. The smallest absolute Gasteiger partial charge is 0.129 e. The van der Waals surface area contributed by atoms with Crippen molar-refractivity contribution in [1.82, 2.24) is 9.97 Å². The molecule has 0 aliphatic rings. The number of aryl methyl sites for hydroxylation is 1. The largest absolute Gasteiger partial charge is 0.500 e. The predicted octanol–water partition coefficient (Wildman–Crippen LogP) is 10.1. The number of nitrogens with zero attached hydrogens (tertiary/aromatic N) is 2. The molecule has 0 aliphatic carbocycles. The first-order valence-electron chi connectivity index (χ1n) is 14.2. The van der Waals surface area contributed by atoms with E-state index in [1.807, 2.05) is 82.4 Å². The van der Waals surface area contributed by atoms with Crippen LogP contribution in [0.2, 0.25) is 0 Å². The maximum atomic E-state index is 8.61. The van der Waals surface area contributed by atoms with Crippen LogP contribution in [0.3, 0.4) is 0 Å². The van der Waals surface area contributed by atoms with Gasteiger partial charge in [-0.15, -0.1) is 65.4 Å². The molecule has 0 saturated heterocycles. The van der Waals surface area contributed by atoms with Crippen molar-refractivity contribution in [2.24, 2.45) is 5.41 Å². The van der Waals surface area contributed by atoms with E-state index in [0.29, 0.717) is 11.3 Å². The van der Waals surface area contributed by atoms with E-state index in [0.717, 1.165) is 44.1 Å². The van der Waals surface area contributed by atoms with Gasteiger partial charge < -0.3 is 14.4 Å². The Morgan fingerprint density at radius 3 is 2.46 bits per heavy atom. The Balaban J connectivity index is 0.000000221. The predicted molar refractivity (Wildman–Crippen MR) is 168 cm³/mol. The third-order valence-electron chi connectivity index (χ3n) is 6.46. The molecule has 0 aliphatic heterocycles. The molecular formula is C36H30IrN2OS-2. The van der Waals surface area contributed by atoms with Gasteiger partial charge in [0.1, 0.15) is 5.58 Å². The zero-order chi connectivity index (χ0) is 29.5. The van der Waals surface area contributed by atoms with Crippen molar-refractivity contribution >= 4 is 43.4 Å². The van der Waals surface area contributed by atoms with E-state index < -0.39 is 11.8 Å². The molecule has 4 aromatic heterocycles. The number of pyridine rings is 2. The van der Waals surface area contributed by atoms with Crippen molar-refractivity contribution in [3.05, 3.63) is 120 Å². The van der Waals surface area contributed by atoms with Gasteiger partial charge in [0, 0.05) is 50.7 Å². The molecule has 5 heteroatoms. The van der Waals surface area contributed by atoms with Crippen molar-refractivity contribution in [2.45, 2.75) is 34.1 Å². The number of aromatic nitrogens is 2. The molecular weight excluding hydrogens is 701 g/mol. The van der Waals surface area contributed by atoms with Gasteiger partial charge in [-0.25, -0.2) is 0 Å². The number of hydrogen-bond donors (Lipinski definition) is 0. The number of rotatable bonds is 3. The van der Waals surface area contributed by atoms with Gasteiger partial charge in [-0.1, -0.05) is 61.5 Å². The summed E-state index contributed by atoms with van der Waals surface area (Å²) in [6.45, 7) is 7.76. The molecule has 0 fully saturated rings. The first-order chi connectivity index (χ1) is 20.1. The Hall–Kier alpha value is -3.63. The molecule has 0 atom stereocenters. The van der Waals surface area contributed by atoms with Gasteiger partial charge in [-0.05, 0) is 59.2 Å². The molecule has 1 radical (unpaired) electrons. The van der Waals surface area contributed by atoms with Crippen molar-refractivity contribution in [1.29, 1.82) is 0 Å². The minimum Gasteiger partial charge on any atom is -0.500 e. The quantitative estimate of drug-likeness (QED) is 0.170. The van der Waals surface area contributed by atoms with Crippen molar-refractivity contribution in [2.75, 3.05) is 0 Å². The van der Waals surface area contributed by atoms with Crippen molar-refractivity contribution < 1.29 is 27.3 Å². The minimum atomic E-state index is -1.49. The van der Waals surface area contributed by atoms with Crippen molar-refractivity contribution in [3.63, 3.8) is 0 Å². The van der Waals surface area contributed by atoms with Gasteiger partial charge in [-0.2, -0.15) is 0 Å². The SMILES string of the molecule is Cc1ccc(-c2[c-]cccc2)nc1.[2H]C([2H])(c1ccnc(-c2[c-]ccc3c2oc2c4ccsc4ccc32)c1)C(C)(C)C.[Ir]. The summed E-state index contributed by atoms with van der Waals surface area (Å²) in [6, 6.07) is 32.1. The Kier molecular flexibility index (Phi) is 7.74. The molecule has 4 heterocycles. The number of hydrogen-bond acceptors (Lipinski definition) is 4. The number of furan rings is 1. The molecule has 0 N–H and O–H groups in total. The minimum absolute atomic E-state index is 0. The van der Waals surface area contributed by atoms with Crippen LogP contribution < -0.4 is 0 Å². The summed E-state index contributed by atoms with van der Waals surface area (Å²) in [5.74, 6) is 0. The Labute approximate surface area is 261 Å². The van der Waals surface area contributed by atoms with Gasteiger partial charge in [0.15, 0.2) is 0 Å². The van der Waals surface area contributed by atoms with E-state index in [2.05, 4.69) is 51.7 Å². The molecule has 0 bridgehead atoms. The van der Waals surface area contributed by atoms with Gasteiger partial charge in [0.2, 0.25) is 0 Å². The molecule has 0 spiro atoms.